The van der Waals surface area contributed by atoms with Crippen LogP contribution in [0.1, 0.15) is 48.0 Å². The van der Waals surface area contributed by atoms with Crippen LogP contribution in [0.4, 0.5) is 5.69 Å². The monoisotopic (exact) mass is 594 g/mol. The van der Waals surface area contributed by atoms with Gasteiger partial charge in [-0.3, -0.25) is 14.9 Å². The van der Waals surface area contributed by atoms with Crippen molar-refractivity contribution in [3.63, 3.8) is 0 Å². The quantitative estimate of drug-likeness (QED) is 0.137. The zero-order valence-electron chi connectivity index (χ0n) is 24.5. The van der Waals surface area contributed by atoms with Crippen LogP contribution in [0.15, 0.2) is 66.1 Å². The van der Waals surface area contributed by atoms with Gasteiger partial charge in [-0.25, -0.2) is 0 Å². The number of amides is 1. The molecular formula is C31H38N2O6SSi. The Bertz CT molecular complexity index is 1400. The minimum Gasteiger partial charge on any atom is -0.493 e. The molecule has 0 N–H and O–H groups in total. The van der Waals surface area contributed by atoms with Gasteiger partial charge in [-0.05, 0) is 47.1 Å². The van der Waals surface area contributed by atoms with Crippen LogP contribution < -0.4 is 9.47 Å². The fraction of sp³-hybridized carbons (Fsp3) is 0.387. The van der Waals surface area contributed by atoms with E-state index in [2.05, 4.69) is 46.0 Å². The predicted octanol–water partition coefficient (Wildman–Crippen LogP) is 7.56. The van der Waals surface area contributed by atoms with Gasteiger partial charge in [0.25, 0.3) is 11.6 Å². The second-order valence-corrected chi connectivity index (χ2v) is 17.4. The predicted molar refractivity (Wildman–Crippen MR) is 165 cm³/mol. The van der Waals surface area contributed by atoms with Crippen molar-refractivity contribution < 1.29 is 23.6 Å². The second kappa shape index (κ2) is 12.6. The number of nitro benzene ring substituents is 1. The van der Waals surface area contributed by atoms with Gasteiger partial charge in [-0.15, -0.1) is 11.3 Å². The van der Waals surface area contributed by atoms with Crippen LogP contribution in [0, 0.1) is 10.1 Å². The lowest BCUT2D eigenvalue weighted by molar-refractivity contribution is -0.385. The average molecular weight is 595 g/mol. The molecular weight excluding hydrogens is 557 g/mol. The van der Waals surface area contributed by atoms with E-state index >= 15 is 0 Å². The number of nitro groups is 1. The van der Waals surface area contributed by atoms with Gasteiger partial charge in [0.2, 0.25) is 0 Å². The molecule has 0 fully saturated rings. The highest BCUT2D eigenvalue weighted by Gasteiger charge is 2.39. The molecule has 41 heavy (non-hydrogen) atoms. The Labute approximate surface area is 246 Å². The first-order valence-corrected chi connectivity index (χ1v) is 17.4. The lowest BCUT2D eigenvalue weighted by atomic mass is 9.99. The van der Waals surface area contributed by atoms with Gasteiger partial charge in [-0.2, -0.15) is 0 Å². The topological polar surface area (TPSA) is 91.1 Å². The molecule has 0 saturated heterocycles. The van der Waals surface area contributed by atoms with Crippen molar-refractivity contribution >= 4 is 36.8 Å². The summed E-state index contributed by atoms with van der Waals surface area (Å²) in [6.07, 6.45) is 2.73. The molecule has 0 radical (unpaired) electrons. The van der Waals surface area contributed by atoms with E-state index in [9.17, 15) is 14.9 Å². The Morgan fingerprint density at radius 1 is 1.12 bits per heavy atom. The number of rotatable bonds is 10. The van der Waals surface area contributed by atoms with Crippen LogP contribution in [-0.4, -0.2) is 50.4 Å². The summed E-state index contributed by atoms with van der Waals surface area (Å²) in [5, 5.41) is 14.2. The second-order valence-electron chi connectivity index (χ2n) is 11.6. The number of benzene rings is 2. The van der Waals surface area contributed by atoms with Crippen molar-refractivity contribution in [2.24, 2.45) is 0 Å². The SMILES string of the molecule is COc1cc(C(=O)N2CCC(c3cccs3)=CC2CO[Si](C)(C)C(C)(C)C)c([N+](=O)[O-])cc1OCc1ccccc1. The van der Waals surface area contributed by atoms with E-state index in [1.54, 1.807) is 16.2 Å². The van der Waals surface area contributed by atoms with Gasteiger partial charge in [0.05, 0.1) is 30.7 Å². The van der Waals surface area contributed by atoms with Gasteiger partial charge in [0.1, 0.15) is 12.2 Å². The highest BCUT2D eigenvalue weighted by molar-refractivity contribution is 7.11. The molecule has 2 heterocycles. The molecule has 3 aromatic rings. The Kier molecular flexibility index (Phi) is 9.36. The summed E-state index contributed by atoms with van der Waals surface area (Å²) in [7, 11) is -0.662. The fourth-order valence-corrected chi connectivity index (χ4v) is 6.22. The fourth-order valence-electron chi connectivity index (χ4n) is 4.41. The van der Waals surface area contributed by atoms with Crippen molar-refractivity contribution in [3.8, 4) is 11.5 Å². The maximum absolute atomic E-state index is 14.1. The number of carbonyl (C=O) groups is 1. The van der Waals surface area contributed by atoms with Crippen LogP contribution in [0.2, 0.25) is 18.1 Å². The number of carbonyl (C=O) groups excluding carboxylic acids is 1. The molecule has 1 aromatic heterocycles. The summed E-state index contributed by atoms with van der Waals surface area (Å²) in [4.78, 5) is 28.6. The van der Waals surface area contributed by atoms with E-state index in [4.69, 9.17) is 13.9 Å². The molecule has 4 rings (SSSR count). The van der Waals surface area contributed by atoms with E-state index in [-0.39, 0.29) is 40.4 Å². The van der Waals surface area contributed by atoms with E-state index in [1.165, 1.54) is 19.2 Å². The van der Waals surface area contributed by atoms with Gasteiger partial charge in [-0.1, -0.05) is 63.2 Å². The largest absolute Gasteiger partial charge is 0.493 e. The van der Waals surface area contributed by atoms with E-state index < -0.39 is 19.1 Å². The standard InChI is InChI=1S/C31H38N2O6SSi/c1-31(2,3)41(5,6)39-21-24-17-23(29-13-10-16-40-29)14-15-32(24)30(34)25-18-27(37-4)28(19-26(25)33(35)36)38-20-22-11-8-7-9-12-22/h7-13,16-19,24H,14-15,20-21H2,1-6H3. The van der Waals surface area contributed by atoms with Gasteiger partial charge >= 0.3 is 0 Å². The van der Waals surface area contributed by atoms with E-state index in [0.717, 1.165) is 16.0 Å². The molecule has 0 aliphatic carbocycles. The molecule has 1 amide bonds. The third kappa shape index (κ3) is 7.06. The molecule has 0 spiro atoms. The molecule has 0 saturated carbocycles. The number of thiophene rings is 1. The number of ether oxygens (including phenoxy) is 2. The molecule has 218 valence electrons. The third-order valence-corrected chi connectivity index (χ3v) is 13.3. The molecule has 1 atom stereocenters. The molecule has 8 nitrogen and oxygen atoms in total. The Balaban J connectivity index is 1.67. The molecule has 1 aliphatic heterocycles. The first-order chi connectivity index (χ1) is 19.4. The first-order valence-electron chi connectivity index (χ1n) is 13.6. The zero-order valence-corrected chi connectivity index (χ0v) is 26.3. The lowest BCUT2D eigenvalue weighted by Gasteiger charge is -2.40. The van der Waals surface area contributed by atoms with Gasteiger partial charge < -0.3 is 18.8 Å². The van der Waals surface area contributed by atoms with Crippen LogP contribution in [0.3, 0.4) is 0 Å². The summed E-state index contributed by atoms with van der Waals surface area (Å²) in [5.74, 6) is 0.0293. The number of nitrogens with zero attached hydrogens (tertiary/aromatic N) is 2. The smallest absolute Gasteiger partial charge is 0.286 e. The highest BCUT2D eigenvalue weighted by atomic mass is 32.1. The Morgan fingerprint density at radius 3 is 2.46 bits per heavy atom. The summed E-state index contributed by atoms with van der Waals surface area (Å²) in [5.41, 5.74) is 1.70. The van der Waals surface area contributed by atoms with Gasteiger partial charge in [0.15, 0.2) is 19.8 Å². The van der Waals surface area contributed by atoms with Crippen LogP contribution in [-0.2, 0) is 11.0 Å². The number of hydrogen-bond donors (Lipinski definition) is 0. The van der Waals surface area contributed by atoms with Crippen LogP contribution in [0.5, 0.6) is 11.5 Å². The molecule has 1 unspecified atom stereocenters. The first kappa shape index (κ1) is 30.5. The molecule has 0 bridgehead atoms. The molecule has 1 aliphatic rings. The minimum atomic E-state index is -2.12. The number of methoxy groups -OCH3 is 1. The highest BCUT2D eigenvalue weighted by Crippen LogP contribution is 2.39. The van der Waals surface area contributed by atoms with Crippen LogP contribution in [0.25, 0.3) is 5.57 Å². The van der Waals surface area contributed by atoms with Crippen molar-refractivity contribution in [3.05, 3.63) is 92.2 Å². The lowest BCUT2D eigenvalue weighted by Crippen LogP contribution is -2.49. The number of hydrogen-bond acceptors (Lipinski definition) is 7. The minimum absolute atomic E-state index is 0.00145. The van der Waals surface area contributed by atoms with Crippen LogP contribution >= 0.6 is 11.3 Å². The normalized spacial score (nSPS) is 15.8. The van der Waals surface area contributed by atoms with Crippen molar-refractivity contribution in [1.82, 2.24) is 4.90 Å². The Hall–Kier alpha value is -3.47. The van der Waals surface area contributed by atoms with Crippen molar-refractivity contribution in [2.45, 2.75) is 58.0 Å². The summed E-state index contributed by atoms with van der Waals surface area (Å²) in [6, 6.07) is 15.9. The average Bonchev–Trinajstić information content (AvgIpc) is 3.49. The van der Waals surface area contributed by atoms with E-state index in [1.807, 2.05) is 41.8 Å². The summed E-state index contributed by atoms with van der Waals surface area (Å²) in [6.45, 7) is 11.8. The third-order valence-electron chi connectivity index (χ3n) is 7.88. The van der Waals surface area contributed by atoms with Crippen molar-refractivity contribution in [2.75, 3.05) is 20.3 Å². The Morgan fingerprint density at radius 2 is 1.85 bits per heavy atom. The molecule has 10 heteroatoms. The van der Waals surface area contributed by atoms with E-state index in [0.29, 0.717) is 19.6 Å². The molecule has 2 aromatic carbocycles. The maximum Gasteiger partial charge on any atom is 0.286 e. The summed E-state index contributed by atoms with van der Waals surface area (Å²) >= 11 is 1.66. The van der Waals surface area contributed by atoms with Crippen molar-refractivity contribution in [1.29, 1.82) is 0 Å². The summed E-state index contributed by atoms with van der Waals surface area (Å²) < 4.78 is 18.0. The van der Waals surface area contributed by atoms with Gasteiger partial charge in [0, 0.05) is 17.5 Å². The zero-order chi connectivity index (χ0) is 29.8. The maximum atomic E-state index is 14.1.